The Hall–Kier alpha value is -1.68. The van der Waals surface area contributed by atoms with Gasteiger partial charge in [0.1, 0.15) is 10.8 Å². The molecule has 0 radical (unpaired) electrons. The van der Waals surface area contributed by atoms with Crippen LogP contribution in [0.1, 0.15) is 35.6 Å². The fourth-order valence-corrected chi connectivity index (χ4v) is 3.10. The summed E-state index contributed by atoms with van der Waals surface area (Å²) in [5, 5.41) is 6.68. The van der Waals surface area contributed by atoms with Gasteiger partial charge >= 0.3 is 0 Å². The van der Waals surface area contributed by atoms with Gasteiger partial charge in [-0.2, -0.15) is 0 Å². The van der Waals surface area contributed by atoms with Crippen molar-refractivity contribution in [3.05, 3.63) is 40.1 Å². The van der Waals surface area contributed by atoms with E-state index in [2.05, 4.69) is 48.5 Å². The molecule has 106 valence electrons. The maximum Gasteiger partial charge on any atom is 0.111 e. The molecule has 0 spiro atoms. The van der Waals surface area contributed by atoms with Crippen molar-refractivity contribution in [3.8, 4) is 0 Å². The van der Waals surface area contributed by atoms with Crippen molar-refractivity contribution in [1.82, 2.24) is 10.6 Å². The minimum atomic E-state index is 0.676. The molecule has 2 N–H and O–H groups in total. The van der Waals surface area contributed by atoms with Gasteiger partial charge in [0.15, 0.2) is 0 Å². The number of aliphatic imine (C=N–C) groups is 1. The van der Waals surface area contributed by atoms with Crippen molar-refractivity contribution in [3.63, 3.8) is 0 Å². The Morgan fingerprint density at radius 3 is 2.30 bits per heavy atom. The maximum absolute atomic E-state index is 5.27. The third-order valence-corrected chi connectivity index (χ3v) is 3.67. The van der Waals surface area contributed by atoms with Gasteiger partial charge in [-0.25, -0.2) is 4.99 Å². The second kappa shape index (κ2) is 5.75. The molecular formula is C16H21N3S. The summed E-state index contributed by atoms with van der Waals surface area (Å²) >= 11 is 5.27. The lowest BCUT2D eigenvalue weighted by Crippen LogP contribution is -2.30. The van der Waals surface area contributed by atoms with Crippen molar-refractivity contribution in [1.29, 1.82) is 0 Å². The Morgan fingerprint density at radius 2 is 1.80 bits per heavy atom. The summed E-state index contributed by atoms with van der Waals surface area (Å²) in [6, 6.07) is 4.42. The molecule has 1 aliphatic heterocycles. The van der Waals surface area contributed by atoms with Crippen LogP contribution in [0.15, 0.2) is 22.8 Å². The van der Waals surface area contributed by atoms with Crippen LogP contribution in [0.2, 0.25) is 0 Å². The van der Waals surface area contributed by atoms with Crippen molar-refractivity contribution in [2.24, 2.45) is 4.99 Å². The predicted octanol–water partition coefficient (Wildman–Crippen LogP) is 3.24. The molecule has 1 aliphatic rings. The van der Waals surface area contributed by atoms with Crippen LogP contribution in [0.3, 0.4) is 0 Å². The van der Waals surface area contributed by atoms with Gasteiger partial charge in [-0.3, -0.25) is 0 Å². The number of aryl methyl sites for hydroxylation is 3. The lowest BCUT2D eigenvalue weighted by atomic mass is 9.95. The summed E-state index contributed by atoms with van der Waals surface area (Å²) in [4.78, 5) is 5.01. The Kier molecular flexibility index (Phi) is 4.23. The molecule has 0 saturated heterocycles. The normalized spacial score (nSPS) is 17.4. The molecule has 1 aromatic rings. The lowest BCUT2D eigenvalue weighted by molar-refractivity contribution is 0.978. The third-order valence-electron chi connectivity index (χ3n) is 3.43. The monoisotopic (exact) mass is 287 g/mol. The first-order valence-electron chi connectivity index (χ1n) is 6.76. The number of amidine groups is 1. The average molecular weight is 287 g/mol. The number of thiocarbonyl (C=S) groups is 1. The van der Waals surface area contributed by atoms with E-state index in [0.29, 0.717) is 6.42 Å². The molecule has 1 aromatic carbocycles. The van der Waals surface area contributed by atoms with E-state index in [1.54, 1.807) is 0 Å². The highest BCUT2D eigenvalue weighted by Crippen LogP contribution is 2.26. The van der Waals surface area contributed by atoms with Gasteiger partial charge in [0, 0.05) is 24.7 Å². The molecule has 0 bridgehead atoms. The molecule has 20 heavy (non-hydrogen) atoms. The first-order chi connectivity index (χ1) is 9.42. The highest BCUT2D eigenvalue weighted by atomic mass is 32.1. The minimum Gasteiger partial charge on any atom is -0.386 e. The van der Waals surface area contributed by atoms with Gasteiger partial charge in [0.2, 0.25) is 0 Å². The fraction of sp³-hybridized carbons (Fsp3) is 0.375. The zero-order valence-electron chi connectivity index (χ0n) is 12.7. The molecule has 2 rings (SSSR count). The zero-order chi connectivity index (χ0) is 14.9. The molecule has 0 fully saturated rings. The van der Waals surface area contributed by atoms with Gasteiger partial charge < -0.3 is 10.6 Å². The molecule has 0 aliphatic carbocycles. The summed E-state index contributed by atoms with van der Waals surface area (Å²) in [6.07, 6.45) is 0.676. The van der Waals surface area contributed by atoms with E-state index in [-0.39, 0.29) is 0 Å². The van der Waals surface area contributed by atoms with Gasteiger partial charge in [0.05, 0.1) is 5.70 Å². The van der Waals surface area contributed by atoms with Crippen LogP contribution in [0, 0.1) is 20.8 Å². The largest absolute Gasteiger partial charge is 0.386 e. The number of rotatable bonds is 2. The van der Waals surface area contributed by atoms with E-state index in [9.17, 15) is 0 Å². The second-order valence-corrected chi connectivity index (χ2v) is 5.74. The first kappa shape index (κ1) is 14.7. The second-order valence-electron chi connectivity index (χ2n) is 5.27. The Bertz CT molecular complexity index is 604. The molecule has 0 atom stereocenters. The molecule has 0 aromatic heterocycles. The number of nitrogens with one attached hydrogen (secondary N) is 2. The summed E-state index contributed by atoms with van der Waals surface area (Å²) in [6.45, 7) is 8.36. The van der Waals surface area contributed by atoms with Crippen LogP contribution in [0.4, 0.5) is 0 Å². The van der Waals surface area contributed by atoms with Crippen LogP contribution in [-0.4, -0.2) is 17.9 Å². The Balaban J connectivity index is 2.59. The van der Waals surface area contributed by atoms with Crippen LogP contribution in [0.25, 0.3) is 5.70 Å². The van der Waals surface area contributed by atoms with Gasteiger partial charge in [-0.15, -0.1) is 0 Å². The van der Waals surface area contributed by atoms with E-state index < -0.39 is 0 Å². The van der Waals surface area contributed by atoms with Crippen molar-refractivity contribution in [2.45, 2.75) is 34.1 Å². The number of hydrogen-bond donors (Lipinski definition) is 2. The SMILES string of the molecule is CN/C(=C1\CC(=S)N=C(C)N1)c1c(C)cc(C)cc1C. The zero-order valence-corrected chi connectivity index (χ0v) is 13.5. The van der Waals surface area contributed by atoms with E-state index in [1.807, 2.05) is 14.0 Å². The summed E-state index contributed by atoms with van der Waals surface area (Å²) in [7, 11) is 1.95. The highest BCUT2D eigenvalue weighted by molar-refractivity contribution is 7.80. The smallest absolute Gasteiger partial charge is 0.111 e. The lowest BCUT2D eigenvalue weighted by Gasteiger charge is -2.23. The van der Waals surface area contributed by atoms with Gasteiger partial charge in [0.25, 0.3) is 0 Å². The predicted molar refractivity (Wildman–Crippen MR) is 90.1 cm³/mol. The average Bonchev–Trinajstić information content (AvgIpc) is 2.32. The number of benzene rings is 1. The van der Waals surface area contributed by atoms with E-state index >= 15 is 0 Å². The topological polar surface area (TPSA) is 36.4 Å². The quantitative estimate of drug-likeness (QED) is 0.820. The summed E-state index contributed by atoms with van der Waals surface area (Å²) < 4.78 is 0. The van der Waals surface area contributed by atoms with E-state index in [4.69, 9.17) is 12.2 Å². The minimum absolute atomic E-state index is 0.676. The maximum atomic E-state index is 5.27. The molecule has 0 saturated carbocycles. The van der Waals surface area contributed by atoms with Crippen LogP contribution < -0.4 is 10.6 Å². The molecule has 4 heteroatoms. The summed E-state index contributed by atoms with van der Waals surface area (Å²) in [5.41, 5.74) is 7.28. The van der Waals surface area contributed by atoms with Gasteiger partial charge in [-0.05, 0) is 38.8 Å². The fourth-order valence-electron chi connectivity index (χ4n) is 2.82. The highest BCUT2D eigenvalue weighted by Gasteiger charge is 2.18. The van der Waals surface area contributed by atoms with E-state index in [1.165, 1.54) is 22.3 Å². The van der Waals surface area contributed by atoms with Crippen LogP contribution >= 0.6 is 12.2 Å². The molecule has 3 nitrogen and oxygen atoms in total. The first-order valence-corrected chi connectivity index (χ1v) is 7.17. The standard InChI is InChI=1S/C16H21N3S/c1-9-6-10(2)15(11(3)7-9)16(17-5)13-8-14(20)19-12(4)18-13/h6-7,17H,8H2,1-5H3,(H,18,19,20)/b16-13+. The van der Waals surface area contributed by atoms with Crippen molar-refractivity contribution < 1.29 is 0 Å². The number of hydrogen-bond acceptors (Lipinski definition) is 3. The molecule has 0 amide bonds. The summed E-state index contributed by atoms with van der Waals surface area (Å²) in [5.74, 6) is 0.853. The molecule has 0 unspecified atom stereocenters. The Labute approximate surface area is 126 Å². The third kappa shape index (κ3) is 2.90. The van der Waals surface area contributed by atoms with Crippen LogP contribution in [-0.2, 0) is 0 Å². The van der Waals surface area contributed by atoms with E-state index in [0.717, 1.165) is 22.2 Å². The van der Waals surface area contributed by atoms with Crippen LogP contribution in [0.5, 0.6) is 0 Å². The van der Waals surface area contributed by atoms with Crippen molar-refractivity contribution in [2.75, 3.05) is 7.05 Å². The molecular weight excluding hydrogens is 266 g/mol. The Morgan fingerprint density at radius 1 is 1.20 bits per heavy atom. The van der Waals surface area contributed by atoms with Crippen molar-refractivity contribution >= 4 is 28.7 Å². The molecule has 1 heterocycles. The van der Waals surface area contributed by atoms with Gasteiger partial charge in [-0.1, -0.05) is 29.9 Å². The number of nitrogens with zero attached hydrogens (tertiary/aromatic N) is 1.